The Labute approximate surface area is 177 Å². The van der Waals surface area contributed by atoms with Gasteiger partial charge in [0.15, 0.2) is 5.78 Å². The number of carbonyl (C=O) groups excluding carboxylic acids is 2. The van der Waals surface area contributed by atoms with E-state index >= 15 is 0 Å². The number of Topliss-reactive ketones (excluding diaryl/α,β-unsaturated/α-hetero) is 1. The van der Waals surface area contributed by atoms with Crippen LogP contribution in [-0.2, 0) is 19.1 Å². The summed E-state index contributed by atoms with van der Waals surface area (Å²) in [5.74, 6) is 0.364. The second-order valence-corrected chi connectivity index (χ2v) is 8.26. The van der Waals surface area contributed by atoms with Crippen molar-refractivity contribution in [2.45, 2.75) is 40.5 Å². The van der Waals surface area contributed by atoms with Crippen LogP contribution in [0, 0.1) is 32.6 Å². The van der Waals surface area contributed by atoms with Crippen molar-refractivity contribution >= 4 is 17.5 Å². The Morgan fingerprint density at radius 2 is 1.77 bits per heavy atom. The summed E-state index contributed by atoms with van der Waals surface area (Å²) < 4.78 is 11.0. The fourth-order valence-corrected chi connectivity index (χ4v) is 5.02. The van der Waals surface area contributed by atoms with Crippen LogP contribution in [0.3, 0.4) is 0 Å². The zero-order valence-corrected chi connectivity index (χ0v) is 18.3. The SMILES string of the molecule is CCOC(=O)OC1=C(c2c(C)cc(C)cc2C)C(=O)C2=C([CH]2)C12CCN(OC)CC2. The summed E-state index contributed by atoms with van der Waals surface area (Å²) in [5.41, 5.74) is 5.71. The van der Waals surface area contributed by atoms with Crippen molar-refractivity contribution in [1.29, 1.82) is 0 Å². The van der Waals surface area contributed by atoms with Crippen LogP contribution in [0.4, 0.5) is 4.79 Å². The highest BCUT2D eigenvalue weighted by Gasteiger charge is 2.56. The predicted molar refractivity (Wildman–Crippen MR) is 112 cm³/mol. The smallest absolute Gasteiger partial charge is 0.434 e. The van der Waals surface area contributed by atoms with Gasteiger partial charge in [0, 0.05) is 25.1 Å². The van der Waals surface area contributed by atoms with E-state index in [0.29, 0.717) is 37.3 Å². The molecule has 1 aromatic carbocycles. The first-order valence-corrected chi connectivity index (χ1v) is 10.4. The lowest BCUT2D eigenvalue weighted by Gasteiger charge is -2.42. The normalized spacial score (nSPS) is 20.5. The summed E-state index contributed by atoms with van der Waals surface area (Å²) in [6, 6.07) is 4.12. The van der Waals surface area contributed by atoms with Crippen LogP contribution < -0.4 is 0 Å². The third-order valence-corrected chi connectivity index (χ3v) is 6.35. The van der Waals surface area contributed by atoms with Gasteiger partial charge in [-0.15, -0.1) is 0 Å². The molecule has 3 aliphatic rings. The second-order valence-electron chi connectivity index (χ2n) is 8.26. The molecule has 1 saturated heterocycles. The van der Waals surface area contributed by atoms with Crippen molar-refractivity contribution < 1.29 is 23.9 Å². The van der Waals surface area contributed by atoms with Gasteiger partial charge in [-0.1, -0.05) is 17.7 Å². The second kappa shape index (κ2) is 7.67. The number of rotatable bonds is 4. The van der Waals surface area contributed by atoms with E-state index in [1.54, 1.807) is 14.0 Å². The molecule has 0 aromatic heterocycles. The number of benzene rings is 1. The summed E-state index contributed by atoms with van der Waals surface area (Å²) in [4.78, 5) is 31.3. The summed E-state index contributed by atoms with van der Waals surface area (Å²) in [6.45, 7) is 9.35. The number of piperidine rings is 1. The standard InChI is InChI=1S/C24H28NO5/c1-6-29-23(27)30-22-20(19-15(3)11-14(2)12-16(19)4)21(26)17-13-18(17)24(22)7-9-25(28-5)10-8-24/h11-13H,6-10H2,1-5H3. The Morgan fingerprint density at radius 1 is 1.13 bits per heavy atom. The zero-order chi connectivity index (χ0) is 21.6. The molecule has 2 aliphatic carbocycles. The Kier molecular flexibility index (Phi) is 5.32. The molecule has 0 atom stereocenters. The minimum Gasteiger partial charge on any atom is -0.434 e. The van der Waals surface area contributed by atoms with Gasteiger partial charge in [-0.2, -0.15) is 5.06 Å². The minimum atomic E-state index is -0.765. The molecule has 1 heterocycles. The minimum absolute atomic E-state index is 0.0702. The molecule has 1 fully saturated rings. The summed E-state index contributed by atoms with van der Waals surface area (Å²) in [7, 11) is 1.66. The lowest BCUT2D eigenvalue weighted by atomic mass is 9.69. The third kappa shape index (κ3) is 3.28. The van der Waals surface area contributed by atoms with Crippen LogP contribution in [0.25, 0.3) is 5.57 Å². The van der Waals surface area contributed by atoms with Crippen LogP contribution >= 0.6 is 0 Å². The Bertz CT molecular complexity index is 956. The largest absolute Gasteiger partial charge is 0.513 e. The average Bonchev–Trinajstić information content (AvgIpc) is 3.50. The molecule has 1 radical (unpaired) electrons. The van der Waals surface area contributed by atoms with Gasteiger partial charge >= 0.3 is 6.16 Å². The Morgan fingerprint density at radius 3 is 2.33 bits per heavy atom. The summed E-state index contributed by atoms with van der Waals surface area (Å²) >= 11 is 0. The molecule has 1 aromatic rings. The molecule has 0 N–H and O–H groups in total. The third-order valence-electron chi connectivity index (χ3n) is 6.35. The molecule has 0 bridgehead atoms. The zero-order valence-electron chi connectivity index (χ0n) is 18.3. The number of hydroxylamine groups is 2. The van der Waals surface area contributed by atoms with Gasteiger partial charge in [0.25, 0.3) is 0 Å². The molecule has 6 nitrogen and oxygen atoms in total. The topological polar surface area (TPSA) is 65.1 Å². The maximum Gasteiger partial charge on any atom is 0.513 e. The summed E-state index contributed by atoms with van der Waals surface area (Å²) in [6.07, 6.45) is 2.58. The maximum atomic E-state index is 13.4. The molecule has 6 heteroatoms. The van der Waals surface area contributed by atoms with Crippen molar-refractivity contribution in [1.82, 2.24) is 5.06 Å². The van der Waals surface area contributed by atoms with Crippen LogP contribution in [0.1, 0.15) is 42.0 Å². The van der Waals surface area contributed by atoms with Crippen LogP contribution in [0.2, 0.25) is 0 Å². The van der Waals surface area contributed by atoms with E-state index in [9.17, 15) is 9.59 Å². The highest BCUT2D eigenvalue weighted by atomic mass is 16.7. The molecular weight excluding hydrogens is 382 g/mol. The molecule has 30 heavy (non-hydrogen) atoms. The predicted octanol–water partition coefficient (Wildman–Crippen LogP) is 4.24. The highest BCUT2D eigenvalue weighted by Crippen LogP contribution is 2.61. The van der Waals surface area contributed by atoms with Gasteiger partial charge < -0.3 is 14.3 Å². The van der Waals surface area contributed by atoms with E-state index < -0.39 is 11.6 Å². The molecule has 1 spiro atoms. The fourth-order valence-electron chi connectivity index (χ4n) is 5.02. The van der Waals surface area contributed by atoms with Crippen LogP contribution in [0.5, 0.6) is 0 Å². The molecule has 0 amide bonds. The fraction of sp³-hybridized carbons (Fsp3) is 0.458. The lowest BCUT2D eigenvalue weighted by Crippen LogP contribution is -2.42. The number of allylic oxidation sites excluding steroid dienone is 3. The van der Waals surface area contributed by atoms with Crippen molar-refractivity contribution in [2.24, 2.45) is 5.41 Å². The quantitative estimate of drug-likeness (QED) is 0.692. The molecule has 4 rings (SSSR count). The van der Waals surface area contributed by atoms with Crippen molar-refractivity contribution in [2.75, 3.05) is 26.8 Å². The van der Waals surface area contributed by atoms with Crippen molar-refractivity contribution in [3.63, 3.8) is 0 Å². The van der Waals surface area contributed by atoms with Crippen molar-refractivity contribution in [3.05, 3.63) is 57.7 Å². The number of ketones is 1. The number of aryl methyl sites for hydroxylation is 3. The molecule has 1 aliphatic heterocycles. The molecule has 0 unspecified atom stereocenters. The van der Waals surface area contributed by atoms with Gasteiger partial charge in [-0.3, -0.25) is 4.79 Å². The van der Waals surface area contributed by atoms with Gasteiger partial charge in [0.2, 0.25) is 0 Å². The number of fused-ring (bicyclic) bond motifs is 1. The number of hydrogen-bond acceptors (Lipinski definition) is 6. The molecular formula is C24H28NO5. The number of carbonyl (C=O) groups is 2. The van der Waals surface area contributed by atoms with E-state index in [2.05, 4.69) is 12.1 Å². The highest BCUT2D eigenvalue weighted by molar-refractivity contribution is 6.35. The molecule has 0 saturated carbocycles. The molecule has 159 valence electrons. The van der Waals surface area contributed by atoms with Gasteiger partial charge in [-0.25, -0.2) is 4.79 Å². The first-order chi connectivity index (χ1) is 14.3. The van der Waals surface area contributed by atoms with Gasteiger partial charge in [-0.05, 0) is 62.8 Å². The lowest BCUT2D eigenvalue weighted by molar-refractivity contribution is -0.154. The van der Waals surface area contributed by atoms with Gasteiger partial charge in [0.05, 0.1) is 24.7 Å². The van der Waals surface area contributed by atoms with E-state index in [1.807, 2.05) is 32.3 Å². The maximum absolute atomic E-state index is 13.4. The average molecular weight is 410 g/mol. The number of nitrogens with zero attached hydrogens (tertiary/aromatic N) is 1. The van der Waals surface area contributed by atoms with Crippen LogP contribution in [0.15, 0.2) is 29.0 Å². The van der Waals surface area contributed by atoms with E-state index in [4.69, 9.17) is 14.3 Å². The van der Waals surface area contributed by atoms with Crippen molar-refractivity contribution in [3.8, 4) is 0 Å². The first-order valence-electron chi connectivity index (χ1n) is 10.4. The van der Waals surface area contributed by atoms with Crippen LogP contribution in [-0.4, -0.2) is 43.8 Å². The van der Waals surface area contributed by atoms with E-state index in [-0.39, 0.29) is 12.4 Å². The van der Waals surface area contributed by atoms with E-state index in [1.165, 1.54) is 0 Å². The monoisotopic (exact) mass is 410 g/mol. The Balaban J connectivity index is 1.90. The van der Waals surface area contributed by atoms with Gasteiger partial charge in [0.1, 0.15) is 5.76 Å². The first kappa shape index (κ1) is 20.8. The number of ether oxygens (including phenoxy) is 2. The summed E-state index contributed by atoms with van der Waals surface area (Å²) in [5, 5.41) is 1.90. The van der Waals surface area contributed by atoms with E-state index in [0.717, 1.165) is 33.4 Å². The Hall–Kier alpha value is -2.44. The number of hydrogen-bond donors (Lipinski definition) is 0.